The number of methoxy groups -OCH3 is 1. The molecule has 2 heteroatoms. The predicted molar refractivity (Wildman–Crippen MR) is 60.2 cm³/mol. The molecule has 1 aromatic carbocycles. The number of fused-ring (bicyclic) bond motifs is 1. The van der Waals surface area contributed by atoms with Gasteiger partial charge in [0.15, 0.2) is 0 Å². The van der Waals surface area contributed by atoms with Crippen molar-refractivity contribution >= 4 is 0 Å². The number of ether oxygens (including phenoxy) is 1. The molecular weight excluding hydrogens is 186 g/mol. The van der Waals surface area contributed by atoms with E-state index in [1.165, 1.54) is 30.4 Å². The van der Waals surface area contributed by atoms with Crippen LogP contribution < -0.4 is 10.5 Å². The van der Waals surface area contributed by atoms with Crippen LogP contribution in [0.1, 0.15) is 36.3 Å². The summed E-state index contributed by atoms with van der Waals surface area (Å²) < 4.78 is 5.24. The molecule has 0 aliphatic heterocycles. The van der Waals surface area contributed by atoms with Gasteiger partial charge >= 0.3 is 0 Å². The van der Waals surface area contributed by atoms with Gasteiger partial charge in [-0.15, -0.1) is 0 Å². The summed E-state index contributed by atoms with van der Waals surface area (Å²) in [4.78, 5) is 0. The summed E-state index contributed by atoms with van der Waals surface area (Å²) in [6.07, 6.45) is 4.78. The van der Waals surface area contributed by atoms with Gasteiger partial charge in [-0.3, -0.25) is 0 Å². The predicted octanol–water partition coefficient (Wildman–Crippen LogP) is 2.22. The minimum absolute atomic E-state index is 0.125. The van der Waals surface area contributed by atoms with E-state index in [-0.39, 0.29) is 5.54 Å². The van der Waals surface area contributed by atoms with Crippen molar-refractivity contribution in [2.24, 2.45) is 5.73 Å². The van der Waals surface area contributed by atoms with Gasteiger partial charge in [0.2, 0.25) is 0 Å². The first kappa shape index (κ1) is 9.22. The van der Waals surface area contributed by atoms with Gasteiger partial charge in [0.05, 0.1) is 7.11 Å². The van der Waals surface area contributed by atoms with E-state index in [2.05, 4.69) is 18.2 Å². The second-order valence-electron chi connectivity index (χ2n) is 4.89. The lowest BCUT2D eigenvalue weighted by molar-refractivity contribution is 0.414. The number of nitrogens with two attached hydrogens (primary N) is 1. The number of hydrogen-bond acceptors (Lipinski definition) is 2. The molecule has 15 heavy (non-hydrogen) atoms. The first-order valence-electron chi connectivity index (χ1n) is 5.69. The summed E-state index contributed by atoms with van der Waals surface area (Å²) in [6, 6.07) is 6.43. The van der Waals surface area contributed by atoms with Gasteiger partial charge in [-0.1, -0.05) is 6.07 Å². The smallest absolute Gasteiger partial charge is 0.119 e. The van der Waals surface area contributed by atoms with Crippen LogP contribution in [-0.2, 0) is 6.42 Å². The van der Waals surface area contributed by atoms with E-state index >= 15 is 0 Å². The Balaban J connectivity index is 1.97. The first-order chi connectivity index (χ1) is 7.23. The van der Waals surface area contributed by atoms with Crippen LogP contribution in [0.3, 0.4) is 0 Å². The van der Waals surface area contributed by atoms with Crippen LogP contribution in [0, 0.1) is 0 Å². The van der Waals surface area contributed by atoms with Crippen molar-refractivity contribution in [3.05, 3.63) is 29.3 Å². The average Bonchev–Trinajstić information content (AvgIpc) is 2.86. The largest absolute Gasteiger partial charge is 0.497 e. The molecule has 0 aromatic heterocycles. The molecule has 2 N–H and O–H groups in total. The molecule has 1 fully saturated rings. The SMILES string of the molecule is COc1ccc2c(c1)CCC2C1(N)CC1. The van der Waals surface area contributed by atoms with E-state index in [1.807, 2.05) is 0 Å². The molecule has 0 amide bonds. The van der Waals surface area contributed by atoms with Gasteiger partial charge in [0, 0.05) is 11.5 Å². The molecule has 80 valence electrons. The molecule has 0 radical (unpaired) electrons. The summed E-state index contributed by atoms with van der Waals surface area (Å²) in [5.74, 6) is 1.56. The van der Waals surface area contributed by atoms with Gasteiger partial charge in [0.25, 0.3) is 0 Å². The van der Waals surface area contributed by atoms with Crippen LogP contribution in [0.5, 0.6) is 5.75 Å². The van der Waals surface area contributed by atoms with Crippen LogP contribution in [-0.4, -0.2) is 12.6 Å². The molecule has 0 spiro atoms. The summed E-state index contributed by atoms with van der Waals surface area (Å²) in [7, 11) is 1.72. The van der Waals surface area contributed by atoms with E-state index in [9.17, 15) is 0 Å². The molecule has 3 rings (SSSR count). The Hall–Kier alpha value is -1.02. The Labute approximate surface area is 90.4 Å². The van der Waals surface area contributed by atoms with Crippen molar-refractivity contribution in [3.63, 3.8) is 0 Å². The lowest BCUT2D eigenvalue weighted by Crippen LogP contribution is -2.29. The van der Waals surface area contributed by atoms with Crippen molar-refractivity contribution in [1.82, 2.24) is 0 Å². The zero-order chi connectivity index (χ0) is 10.5. The molecular formula is C13H17NO. The summed E-state index contributed by atoms with van der Waals surface area (Å²) in [6.45, 7) is 0. The third-order valence-electron chi connectivity index (χ3n) is 3.95. The zero-order valence-corrected chi connectivity index (χ0v) is 9.12. The fraction of sp³-hybridized carbons (Fsp3) is 0.538. The van der Waals surface area contributed by atoms with Crippen LogP contribution in [0.15, 0.2) is 18.2 Å². The van der Waals surface area contributed by atoms with E-state index in [0.717, 1.165) is 12.2 Å². The minimum Gasteiger partial charge on any atom is -0.497 e. The highest BCUT2D eigenvalue weighted by atomic mass is 16.5. The number of hydrogen-bond donors (Lipinski definition) is 1. The highest BCUT2D eigenvalue weighted by molar-refractivity contribution is 5.43. The number of aryl methyl sites for hydroxylation is 1. The Bertz CT molecular complexity index is 396. The lowest BCUT2D eigenvalue weighted by atomic mass is 9.91. The lowest BCUT2D eigenvalue weighted by Gasteiger charge is -2.19. The Morgan fingerprint density at radius 1 is 1.40 bits per heavy atom. The monoisotopic (exact) mass is 203 g/mol. The number of benzene rings is 1. The fourth-order valence-corrected chi connectivity index (χ4v) is 2.81. The third kappa shape index (κ3) is 1.36. The maximum atomic E-state index is 6.31. The van der Waals surface area contributed by atoms with Crippen molar-refractivity contribution in [1.29, 1.82) is 0 Å². The summed E-state index contributed by atoms with van der Waals surface area (Å²) >= 11 is 0. The van der Waals surface area contributed by atoms with Crippen LogP contribution in [0.4, 0.5) is 0 Å². The van der Waals surface area contributed by atoms with Crippen molar-refractivity contribution < 1.29 is 4.74 Å². The van der Waals surface area contributed by atoms with Crippen LogP contribution in [0.25, 0.3) is 0 Å². The molecule has 2 aliphatic rings. The van der Waals surface area contributed by atoms with Crippen molar-refractivity contribution in [2.45, 2.75) is 37.1 Å². The fourth-order valence-electron chi connectivity index (χ4n) is 2.81. The van der Waals surface area contributed by atoms with Crippen LogP contribution >= 0.6 is 0 Å². The molecule has 0 bridgehead atoms. The van der Waals surface area contributed by atoms with Crippen LogP contribution in [0.2, 0.25) is 0 Å². The normalized spacial score (nSPS) is 26.1. The second kappa shape index (κ2) is 2.99. The Morgan fingerprint density at radius 2 is 2.20 bits per heavy atom. The van der Waals surface area contributed by atoms with E-state index < -0.39 is 0 Å². The van der Waals surface area contributed by atoms with E-state index in [4.69, 9.17) is 10.5 Å². The standard InChI is InChI=1S/C13H17NO/c1-15-10-3-4-11-9(8-10)2-5-12(11)13(14)6-7-13/h3-4,8,12H,2,5-7,14H2,1H3. The maximum absolute atomic E-state index is 6.31. The highest BCUT2D eigenvalue weighted by Crippen LogP contribution is 2.51. The topological polar surface area (TPSA) is 35.2 Å². The Kier molecular flexibility index (Phi) is 1.84. The van der Waals surface area contributed by atoms with Gasteiger partial charge in [-0.05, 0) is 48.9 Å². The third-order valence-corrected chi connectivity index (χ3v) is 3.95. The van der Waals surface area contributed by atoms with Gasteiger partial charge < -0.3 is 10.5 Å². The maximum Gasteiger partial charge on any atom is 0.119 e. The van der Waals surface area contributed by atoms with Crippen molar-refractivity contribution in [2.75, 3.05) is 7.11 Å². The molecule has 0 heterocycles. The van der Waals surface area contributed by atoms with Gasteiger partial charge in [-0.25, -0.2) is 0 Å². The second-order valence-corrected chi connectivity index (χ2v) is 4.89. The first-order valence-corrected chi connectivity index (χ1v) is 5.69. The van der Waals surface area contributed by atoms with Gasteiger partial charge in [-0.2, -0.15) is 0 Å². The molecule has 2 aliphatic carbocycles. The molecule has 2 nitrogen and oxygen atoms in total. The van der Waals surface area contributed by atoms with Crippen molar-refractivity contribution in [3.8, 4) is 5.75 Å². The number of rotatable bonds is 2. The summed E-state index contributed by atoms with van der Waals surface area (Å²) in [5.41, 5.74) is 9.34. The van der Waals surface area contributed by atoms with E-state index in [1.54, 1.807) is 7.11 Å². The average molecular weight is 203 g/mol. The minimum atomic E-state index is 0.125. The Morgan fingerprint density at radius 3 is 2.87 bits per heavy atom. The van der Waals surface area contributed by atoms with Gasteiger partial charge in [0.1, 0.15) is 5.75 Å². The zero-order valence-electron chi connectivity index (χ0n) is 9.12. The summed E-state index contributed by atoms with van der Waals surface area (Å²) in [5, 5.41) is 0. The molecule has 0 saturated heterocycles. The quantitative estimate of drug-likeness (QED) is 0.800. The molecule has 1 saturated carbocycles. The molecule has 1 aromatic rings. The van der Waals surface area contributed by atoms with E-state index in [0.29, 0.717) is 5.92 Å². The highest BCUT2D eigenvalue weighted by Gasteiger charge is 2.48. The molecule has 1 atom stereocenters. The molecule has 1 unspecified atom stereocenters.